The van der Waals surface area contributed by atoms with Gasteiger partial charge in [-0.2, -0.15) is 4.31 Å². The largest absolute Gasteiger partial charge is 0.370 e. The number of nitro benzene ring substituents is 1. The zero-order valence-electron chi connectivity index (χ0n) is 17.4. The second-order valence-electron chi connectivity index (χ2n) is 7.83. The van der Waals surface area contributed by atoms with Crippen LogP contribution in [0, 0.1) is 10.1 Å². The van der Waals surface area contributed by atoms with Gasteiger partial charge >= 0.3 is 0 Å². The molecule has 2 aliphatic rings. The fraction of sp³-hybridized carbons (Fsp3) is 0.429. The highest BCUT2D eigenvalue weighted by molar-refractivity contribution is 7.89. The van der Waals surface area contributed by atoms with E-state index >= 15 is 0 Å². The number of sulfonamides is 1. The molecule has 0 saturated carbocycles. The van der Waals surface area contributed by atoms with Crippen molar-refractivity contribution >= 4 is 21.4 Å². The van der Waals surface area contributed by atoms with Crippen LogP contribution in [0.25, 0.3) is 0 Å². The van der Waals surface area contributed by atoms with Crippen LogP contribution >= 0.6 is 0 Å². The average molecular weight is 447 g/mol. The molecule has 0 bridgehead atoms. The number of piperazine rings is 1. The smallest absolute Gasteiger partial charge is 0.293 e. The normalized spacial score (nSPS) is 21.2. The average Bonchev–Trinajstić information content (AvgIpc) is 2.79. The van der Waals surface area contributed by atoms with E-state index in [1.165, 1.54) is 16.4 Å². The summed E-state index contributed by atoms with van der Waals surface area (Å²) < 4.78 is 33.3. The van der Waals surface area contributed by atoms with Crippen LogP contribution in [0.1, 0.15) is 11.7 Å². The number of rotatable bonds is 5. The van der Waals surface area contributed by atoms with E-state index in [-0.39, 0.29) is 16.7 Å². The van der Waals surface area contributed by atoms with Gasteiger partial charge in [-0.25, -0.2) is 8.42 Å². The Morgan fingerprint density at radius 2 is 1.74 bits per heavy atom. The molecule has 10 heteroatoms. The van der Waals surface area contributed by atoms with Crippen LogP contribution in [0.15, 0.2) is 53.4 Å². The lowest BCUT2D eigenvalue weighted by Gasteiger charge is -2.34. The predicted octanol–water partition coefficient (Wildman–Crippen LogP) is 2.11. The van der Waals surface area contributed by atoms with Gasteiger partial charge < -0.3 is 14.5 Å². The maximum absolute atomic E-state index is 13.0. The van der Waals surface area contributed by atoms with E-state index in [1.807, 2.05) is 42.3 Å². The van der Waals surface area contributed by atoms with Crippen molar-refractivity contribution in [1.29, 1.82) is 0 Å². The number of morpholine rings is 1. The first kappa shape index (κ1) is 21.7. The molecule has 2 saturated heterocycles. The molecule has 9 nitrogen and oxygen atoms in total. The summed E-state index contributed by atoms with van der Waals surface area (Å²) in [5, 5.41) is 11.8. The summed E-state index contributed by atoms with van der Waals surface area (Å²) in [6.07, 6.45) is -0.205. The fourth-order valence-corrected chi connectivity index (χ4v) is 5.44. The molecule has 2 aliphatic heterocycles. The summed E-state index contributed by atoms with van der Waals surface area (Å²) in [7, 11) is -1.84. The highest BCUT2D eigenvalue weighted by atomic mass is 32.2. The molecule has 0 unspecified atom stereocenters. The topological polar surface area (TPSA) is 96.2 Å². The van der Waals surface area contributed by atoms with Crippen LogP contribution < -0.4 is 4.90 Å². The quantitative estimate of drug-likeness (QED) is 0.513. The Hall–Kier alpha value is -2.53. The van der Waals surface area contributed by atoms with Crippen LogP contribution in [0.4, 0.5) is 11.4 Å². The van der Waals surface area contributed by atoms with Gasteiger partial charge in [0.05, 0.1) is 16.4 Å². The molecule has 0 spiro atoms. The Morgan fingerprint density at radius 1 is 1.03 bits per heavy atom. The maximum atomic E-state index is 13.0. The monoisotopic (exact) mass is 446 g/mol. The van der Waals surface area contributed by atoms with Gasteiger partial charge in [0.2, 0.25) is 10.0 Å². The lowest BCUT2D eigenvalue weighted by atomic mass is 10.1. The third-order valence-electron chi connectivity index (χ3n) is 5.82. The summed E-state index contributed by atoms with van der Waals surface area (Å²) in [6, 6.07) is 13.9. The van der Waals surface area contributed by atoms with Gasteiger partial charge in [0.15, 0.2) is 0 Å². The Kier molecular flexibility index (Phi) is 6.24. The molecule has 2 fully saturated rings. The number of benzene rings is 2. The third kappa shape index (κ3) is 4.57. The molecule has 4 rings (SSSR count). The van der Waals surface area contributed by atoms with E-state index in [1.54, 1.807) is 6.07 Å². The van der Waals surface area contributed by atoms with Crippen molar-refractivity contribution < 1.29 is 18.1 Å². The maximum Gasteiger partial charge on any atom is 0.293 e. The van der Waals surface area contributed by atoms with E-state index in [4.69, 9.17) is 4.74 Å². The lowest BCUT2D eigenvalue weighted by Crippen LogP contribution is -2.47. The first-order chi connectivity index (χ1) is 14.9. The number of nitro groups is 1. The van der Waals surface area contributed by atoms with Crippen LogP contribution in [0.2, 0.25) is 0 Å². The van der Waals surface area contributed by atoms with Crippen molar-refractivity contribution in [3.8, 4) is 0 Å². The van der Waals surface area contributed by atoms with Crippen molar-refractivity contribution in [1.82, 2.24) is 9.21 Å². The van der Waals surface area contributed by atoms with Crippen molar-refractivity contribution in [2.45, 2.75) is 11.0 Å². The number of hydrogen-bond donors (Lipinski definition) is 0. The Labute approximate surface area is 182 Å². The number of hydrogen-bond acceptors (Lipinski definition) is 7. The molecular formula is C21H26N4O5S. The van der Waals surface area contributed by atoms with Crippen LogP contribution in [-0.4, -0.2) is 75.5 Å². The Balaban J connectivity index is 1.61. The van der Waals surface area contributed by atoms with Crippen LogP contribution in [-0.2, 0) is 14.8 Å². The van der Waals surface area contributed by atoms with Crippen molar-refractivity contribution in [2.24, 2.45) is 0 Å². The summed E-state index contributed by atoms with van der Waals surface area (Å²) >= 11 is 0. The number of nitrogens with zero attached hydrogens (tertiary/aromatic N) is 4. The lowest BCUT2D eigenvalue weighted by molar-refractivity contribution is -0.384. The molecule has 31 heavy (non-hydrogen) atoms. The molecule has 2 aromatic carbocycles. The van der Waals surface area contributed by atoms with E-state index in [0.717, 1.165) is 5.56 Å². The Bertz CT molecular complexity index is 1040. The molecule has 0 N–H and O–H groups in total. The second-order valence-corrected chi connectivity index (χ2v) is 9.77. The van der Waals surface area contributed by atoms with E-state index in [2.05, 4.69) is 4.90 Å². The van der Waals surface area contributed by atoms with Crippen molar-refractivity contribution in [3.63, 3.8) is 0 Å². The summed E-state index contributed by atoms with van der Waals surface area (Å²) in [5.74, 6) is 0. The molecule has 1 atom stereocenters. The molecule has 166 valence electrons. The fourth-order valence-electron chi connectivity index (χ4n) is 3.99. The molecule has 0 radical (unpaired) electrons. The van der Waals surface area contributed by atoms with Crippen molar-refractivity contribution in [2.75, 3.05) is 57.8 Å². The molecule has 0 amide bonds. The van der Waals surface area contributed by atoms with Gasteiger partial charge in [0, 0.05) is 45.3 Å². The SMILES string of the molecule is CN1CCN(S(=O)(=O)c2ccc(N3CCO[C@@H](c4ccccc4)C3)c([N+](=O)[O-])c2)CC1. The molecule has 0 aromatic heterocycles. The van der Waals surface area contributed by atoms with Gasteiger partial charge in [-0.3, -0.25) is 10.1 Å². The van der Waals surface area contributed by atoms with E-state index in [0.29, 0.717) is 51.6 Å². The van der Waals surface area contributed by atoms with E-state index in [9.17, 15) is 18.5 Å². The minimum Gasteiger partial charge on any atom is -0.370 e. The summed E-state index contributed by atoms with van der Waals surface area (Å²) in [4.78, 5) is 15.2. The second kappa shape index (κ2) is 8.91. The standard InChI is InChI=1S/C21H26N4O5S/c1-22-9-11-24(12-10-22)31(28,29)18-7-8-19(20(15-18)25(26)27)23-13-14-30-21(16-23)17-5-3-2-4-6-17/h2-8,15,21H,9-14,16H2,1H3/t21-/m1/s1. The zero-order chi connectivity index (χ0) is 22.0. The van der Waals surface area contributed by atoms with Crippen molar-refractivity contribution in [3.05, 3.63) is 64.2 Å². The predicted molar refractivity (Wildman–Crippen MR) is 117 cm³/mol. The van der Waals surface area contributed by atoms with Crippen LogP contribution in [0.5, 0.6) is 0 Å². The third-order valence-corrected chi connectivity index (χ3v) is 7.72. The minimum atomic E-state index is -3.78. The summed E-state index contributed by atoms with van der Waals surface area (Å²) in [6.45, 7) is 3.39. The van der Waals surface area contributed by atoms with Gasteiger partial charge in [0.25, 0.3) is 5.69 Å². The molecular weight excluding hydrogens is 420 g/mol. The zero-order valence-corrected chi connectivity index (χ0v) is 18.2. The first-order valence-electron chi connectivity index (χ1n) is 10.2. The van der Waals surface area contributed by atoms with Gasteiger partial charge in [0.1, 0.15) is 11.8 Å². The van der Waals surface area contributed by atoms with Gasteiger partial charge in [-0.05, 0) is 24.7 Å². The first-order valence-corrected chi connectivity index (χ1v) is 11.7. The molecule has 0 aliphatic carbocycles. The summed E-state index contributed by atoms with van der Waals surface area (Å²) in [5.41, 5.74) is 1.21. The van der Waals surface area contributed by atoms with Crippen LogP contribution in [0.3, 0.4) is 0 Å². The number of likely N-dealkylation sites (N-methyl/N-ethyl adjacent to an activating group) is 1. The number of anilines is 1. The number of ether oxygens (including phenoxy) is 1. The van der Waals surface area contributed by atoms with Gasteiger partial charge in [-0.15, -0.1) is 0 Å². The highest BCUT2D eigenvalue weighted by Crippen LogP contribution is 2.35. The molecule has 2 heterocycles. The minimum absolute atomic E-state index is 0.0413. The molecule has 2 aromatic rings. The van der Waals surface area contributed by atoms with Gasteiger partial charge in [-0.1, -0.05) is 30.3 Å². The Morgan fingerprint density at radius 3 is 2.42 bits per heavy atom. The highest BCUT2D eigenvalue weighted by Gasteiger charge is 2.32. The van der Waals surface area contributed by atoms with E-state index < -0.39 is 14.9 Å².